The Labute approximate surface area is 100 Å². The first-order chi connectivity index (χ1) is 8.34. The summed E-state index contributed by atoms with van der Waals surface area (Å²) in [7, 11) is 0. The van der Waals surface area contributed by atoms with Crippen LogP contribution in [0.4, 0.5) is 5.82 Å². The van der Waals surface area contributed by atoms with Gasteiger partial charge in [0, 0.05) is 23.7 Å². The smallest absolute Gasteiger partial charge is 0.153 e. The van der Waals surface area contributed by atoms with Crippen LogP contribution in [0.2, 0.25) is 0 Å². The van der Waals surface area contributed by atoms with E-state index in [-0.39, 0.29) is 0 Å². The van der Waals surface area contributed by atoms with Crippen LogP contribution in [0.15, 0.2) is 24.5 Å². The van der Waals surface area contributed by atoms with Crippen molar-refractivity contribution in [1.29, 1.82) is 0 Å². The number of H-pyrrole nitrogens is 1. The second-order valence-electron chi connectivity index (χ2n) is 4.70. The maximum Gasteiger partial charge on any atom is 0.153 e. The molecular formula is C13H16N4. The van der Waals surface area contributed by atoms with E-state index in [4.69, 9.17) is 5.73 Å². The quantitative estimate of drug-likeness (QED) is 0.847. The van der Waals surface area contributed by atoms with Gasteiger partial charge in [-0.2, -0.15) is 5.10 Å². The normalized spacial score (nSPS) is 15.8. The zero-order valence-electron chi connectivity index (χ0n) is 9.69. The van der Waals surface area contributed by atoms with E-state index in [2.05, 4.69) is 15.2 Å². The minimum absolute atomic E-state index is 0.588. The van der Waals surface area contributed by atoms with Crippen LogP contribution in [0.5, 0.6) is 0 Å². The summed E-state index contributed by atoms with van der Waals surface area (Å²) >= 11 is 0. The molecule has 1 saturated carbocycles. The van der Waals surface area contributed by atoms with Crippen LogP contribution < -0.4 is 5.73 Å². The zero-order chi connectivity index (χ0) is 11.7. The number of nitrogens with two attached hydrogens (primary N) is 1. The van der Waals surface area contributed by atoms with Gasteiger partial charge in [-0.05, 0) is 30.0 Å². The Kier molecular flexibility index (Phi) is 2.55. The number of hydrogen-bond donors (Lipinski definition) is 2. The molecule has 0 unspecified atom stereocenters. The number of anilines is 1. The molecule has 4 heteroatoms. The fraction of sp³-hybridized carbons (Fsp3) is 0.385. The topological polar surface area (TPSA) is 67.6 Å². The lowest BCUT2D eigenvalue weighted by molar-refractivity contribution is 0.312. The average Bonchev–Trinajstić information content (AvgIpc) is 2.66. The Morgan fingerprint density at radius 1 is 1.29 bits per heavy atom. The van der Waals surface area contributed by atoms with Gasteiger partial charge in [0.05, 0.1) is 0 Å². The Balaban J connectivity index is 1.94. The molecule has 1 fully saturated rings. The molecule has 4 nitrogen and oxygen atoms in total. The number of rotatable bonds is 3. The Morgan fingerprint density at radius 2 is 2.06 bits per heavy atom. The summed E-state index contributed by atoms with van der Waals surface area (Å²) in [5, 5.41) is 7.21. The summed E-state index contributed by atoms with van der Waals surface area (Å²) in [4.78, 5) is 4.03. The van der Waals surface area contributed by atoms with Crippen molar-refractivity contribution in [3.8, 4) is 11.1 Å². The summed E-state index contributed by atoms with van der Waals surface area (Å²) in [6.07, 6.45) is 8.65. The van der Waals surface area contributed by atoms with Crippen LogP contribution in [-0.4, -0.2) is 15.2 Å². The number of aromatic amines is 1. The number of hydrogen-bond acceptors (Lipinski definition) is 3. The maximum atomic E-state index is 5.95. The summed E-state index contributed by atoms with van der Waals surface area (Å²) in [6.45, 7) is 0. The van der Waals surface area contributed by atoms with Crippen molar-refractivity contribution in [2.45, 2.75) is 25.7 Å². The van der Waals surface area contributed by atoms with Crippen LogP contribution in [0, 0.1) is 5.92 Å². The zero-order valence-corrected chi connectivity index (χ0v) is 9.69. The van der Waals surface area contributed by atoms with Crippen LogP contribution in [-0.2, 0) is 6.42 Å². The Hall–Kier alpha value is -1.84. The molecule has 0 amide bonds. The fourth-order valence-electron chi connectivity index (χ4n) is 2.37. The summed E-state index contributed by atoms with van der Waals surface area (Å²) in [5.74, 6) is 1.39. The van der Waals surface area contributed by atoms with Gasteiger partial charge in [-0.15, -0.1) is 0 Å². The number of nitrogen functional groups attached to an aromatic ring is 1. The van der Waals surface area contributed by atoms with Crippen LogP contribution in [0.25, 0.3) is 11.1 Å². The lowest BCUT2D eigenvalue weighted by Crippen LogP contribution is -2.14. The van der Waals surface area contributed by atoms with E-state index in [1.807, 2.05) is 12.1 Å². The first-order valence-corrected chi connectivity index (χ1v) is 6.07. The average molecular weight is 228 g/mol. The van der Waals surface area contributed by atoms with E-state index in [0.29, 0.717) is 5.82 Å². The third-order valence-corrected chi connectivity index (χ3v) is 3.56. The molecule has 3 N–H and O–H groups in total. The number of aromatic nitrogens is 3. The van der Waals surface area contributed by atoms with Crippen molar-refractivity contribution < 1.29 is 0 Å². The van der Waals surface area contributed by atoms with Gasteiger partial charge in [-0.25, -0.2) is 0 Å². The van der Waals surface area contributed by atoms with Gasteiger partial charge in [0.25, 0.3) is 0 Å². The van der Waals surface area contributed by atoms with Gasteiger partial charge < -0.3 is 5.73 Å². The summed E-state index contributed by atoms with van der Waals surface area (Å²) in [5.41, 5.74) is 9.26. The number of pyridine rings is 1. The van der Waals surface area contributed by atoms with Crippen LogP contribution in [0.3, 0.4) is 0 Å². The molecule has 3 rings (SSSR count). The highest BCUT2D eigenvalue weighted by molar-refractivity contribution is 5.75. The van der Waals surface area contributed by atoms with E-state index in [1.165, 1.54) is 25.0 Å². The van der Waals surface area contributed by atoms with Crippen molar-refractivity contribution in [3.05, 3.63) is 30.2 Å². The first kappa shape index (κ1) is 10.3. The van der Waals surface area contributed by atoms with Gasteiger partial charge in [-0.1, -0.05) is 19.3 Å². The predicted molar refractivity (Wildman–Crippen MR) is 67.3 cm³/mol. The second kappa shape index (κ2) is 4.20. The highest BCUT2D eigenvalue weighted by atomic mass is 15.2. The van der Waals surface area contributed by atoms with Crippen molar-refractivity contribution in [1.82, 2.24) is 15.2 Å². The van der Waals surface area contributed by atoms with Gasteiger partial charge >= 0.3 is 0 Å². The molecule has 1 aliphatic rings. The second-order valence-corrected chi connectivity index (χ2v) is 4.70. The van der Waals surface area contributed by atoms with E-state index in [0.717, 1.165) is 23.5 Å². The highest BCUT2D eigenvalue weighted by Crippen LogP contribution is 2.34. The van der Waals surface area contributed by atoms with Crippen LogP contribution >= 0.6 is 0 Å². The molecule has 2 aromatic rings. The molecule has 0 spiro atoms. The van der Waals surface area contributed by atoms with Gasteiger partial charge in [-0.3, -0.25) is 10.1 Å². The molecule has 0 aromatic carbocycles. The van der Waals surface area contributed by atoms with Gasteiger partial charge in [0.2, 0.25) is 0 Å². The van der Waals surface area contributed by atoms with Crippen molar-refractivity contribution in [2.24, 2.45) is 5.92 Å². The Bertz CT molecular complexity index is 499. The molecule has 2 aromatic heterocycles. The molecular weight excluding hydrogens is 212 g/mol. The van der Waals surface area contributed by atoms with E-state index >= 15 is 0 Å². The number of nitrogens with one attached hydrogen (secondary N) is 1. The molecule has 0 aliphatic heterocycles. The molecule has 0 saturated heterocycles. The SMILES string of the molecule is Nc1n[nH]c(CC2CCC2)c1-c1ccncc1. The van der Waals surface area contributed by atoms with Crippen molar-refractivity contribution in [3.63, 3.8) is 0 Å². The fourth-order valence-corrected chi connectivity index (χ4v) is 2.37. The molecule has 17 heavy (non-hydrogen) atoms. The third-order valence-electron chi connectivity index (χ3n) is 3.56. The first-order valence-electron chi connectivity index (χ1n) is 6.07. The molecule has 0 bridgehead atoms. The molecule has 1 aliphatic carbocycles. The monoisotopic (exact) mass is 228 g/mol. The number of nitrogens with zero attached hydrogens (tertiary/aromatic N) is 2. The van der Waals surface area contributed by atoms with E-state index in [1.54, 1.807) is 12.4 Å². The van der Waals surface area contributed by atoms with Gasteiger partial charge in [0.1, 0.15) is 0 Å². The van der Waals surface area contributed by atoms with E-state index < -0.39 is 0 Å². The molecule has 2 heterocycles. The minimum atomic E-state index is 0.588. The Morgan fingerprint density at radius 3 is 2.71 bits per heavy atom. The van der Waals surface area contributed by atoms with Crippen LogP contribution in [0.1, 0.15) is 25.0 Å². The summed E-state index contributed by atoms with van der Waals surface area (Å²) < 4.78 is 0. The lowest BCUT2D eigenvalue weighted by Gasteiger charge is -2.24. The van der Waals surface area contributed by atoms with Crippen molar-refractivity contribution in [2.75, 3.05) is 5.73 Å². The van der Waals surface area contributed by atoms with Crippen molar-refractivity contribution >= 4 is 5.82 Å². The molecule has 88 valence electrons. The predicted octanol–water partition coefficient (Wildman–Crippen LogP) is 2.40. The highest BCUT2D eigenvalue weighted by Gasteiger charge is 2.21. The third kappa shape index (κ3) is 1.90. The van der Waals surface area contributed by atoms with Gasteiger partial charge in [0.15, 0.2) is 5.82 Å². The standard InChI is InChI=1S/C13H16N4/c14-13-12(10-4-6-15-7-5-10)11(16-17-13)8-9-2-1-3-9/h4-7,9H,1-3,8H2,(H3,14,16,17). The summed E-state index contributed by atoms with van der Waals surface area (Å²) in [6, 6.07) is 3.96. The van der Waals surface area contributed by atoms with E-state index in [9.17, 15) is 0 Å². The molecule has 0 atom stereocenters. The maximum absolute atomic E-state index is 5.95. The molecule has 0 radical (unpaired) electrons. The lowest BCUT2D eigenvalue weighted by atomic mass is 9.81. The minimum Gasteiger partial charge on any atom is -0.382 e. The largest absolute Gasteiger partial charge is 0.382 e.